The molecule has 0 aliphatic carbocycles. The Morgan fingerprint density at radius 1 is 1.17 bits per heavy atom. The lowest BCUT2D eigenvalue weighted by molar-refractivity contribution is 0.248. The molecule has 0 saturated carbocycles. The molecule has 0 unspecified atom stereocenters. The first-order valence-electron chi connectivity index (χ1n) is 6.07. The Bertz CT molecular complexity index is 367. The van der Waals surface area contributed by atoms with Gasteiger partial charge in [0.05, 0.1) is 12.3 Å². The standard InChI is InChI=1S/C13H23N3O.ClH/c1-3-13(16,4-2)7-8-17-12-9-10(14)5-6-11(12)15;/h5-6,9H,3-4,7-8,14-16H2,1-2H3;1H. The minimum Gasteiger partial charge on any atom is -0.491 e. The molecule has 0 bridgehead atoms. The van der Waals surface area contributed by atoms with Crippen molar-refractivity contribution in [1.82, 2.24) is 0 Å². The van der Waals surface area contributed by atoms with Crippen molar-refractivity contribution in [2.45, 2.75) is 38.6 Å². The Morgan fingerprint density at radius 2 is 1.78 bits per heavy atom. The van der Waals surface area contributed by atoms with Crippen LogP contribution in [0, 0.1) is 0 Å². The molecule has 0 atom stereocenters. The van der Waals surface area contributed by atoms with E-state index < -0.39 is 0 Å². The van der Waals surface area contributed by atoms with Gasteiger partial charge in [-0.2, -0.15) is 0 Å². The van der Waals surface area contributed by atoms with Gasteiger partial charge >= 0.3 is 0 Å². The van der Waals surface area contributed by atoms with Crippen molar-refractivity contribution >= 4 is 23.8 Å². The third-order valence-electron chi connectivity index (χ3n) is 3.30. The minimum atomic E-state index is -0.144. The Morgan fingerprint density at radius 3 is 2.33 bits per heavy atom. The zero-order valence-corrected chi connectivity index (χ0v) is 11.9. The van der Waals surface area contributed by atoms with E-state index in [1.807, 2.05) is 0 Å². The number of benzene rings is 1. The number of rotatable bonds is 6. The molecule has 0 fully saturated rings. The molecule has 6 N–H and O–H groups in total. The van der Waals surface area contributed by atoms with E-state index in [9.17, 15) is 0 Å². The molecule has 104 valence electrons. The van der Waals surface area contributed by atoms with Gasteiger partial charge in [-0.3, -0.25) is 0 Å². The van der Waals surface area contributed by atoms with Crippen molar-refractivity contribution in [2.24, 2.45) is 5.73 Å². The van der Waals surface area contributed by atoms with Crippen LogP contribution < -0.4 is 21.9 Å². The van der Waals surface area contributed by atoms with E-state index in [0.717, 1.165) is 19.3 Å². The second-order valence-electron chi connectivity index (χ2n) is 4.47. The fourth-order valence-corrected chi connectivity index (χ4v) is 1.64. The van der Waals surface area contributed by atoms with Crippen LogP contribution in [0.5, 0.6) is 5.75 Å². The van der Waals surface area contributed by atoms with Crippen molar-refractivity contribution in [3.63, 3.8) is 0 Å². The molecule has 18 heavy (non-hydrogen) atoms. The van der Waals surface area contributed by atoms with Gasteiger partial charge in [-0.05, 0) is 31.4 Å². The molecular weight excluding hydrogens is 250 g/mol. The summed E-state index contributed by atoms with van der Waals surface area (Å²) in [5, 5.41) is 0. The van der Waals surface area contributed by atoms with Crippen LogP contribution in [-0.4, -0.2) is 12.1 Å². The Labute approximate surface area is 115 Å². The predicted octanol–water partition coefficient (Wildman–Crippen LogP) is 2.56. The molecule has 1 aromatic rings. The van der Waals surface area contributed by atoms with Crippen LogP contribution in [0.3, 0.4) is 0 Å². The highest BCUT2D eigenvalue weighted by Gasteiger charge is 2.19. The van der Waals surface area contributed by atoms with E-state index in [0.29, 0.717) is 23.7 Å². The topological polar surface area (TPSA) is 87.3 Å². The van der Waals surface area contributed by atoms with Gasteiger partial charge in [0, 0.05) is 17.3 Å². The highest BCUT2D eigenvalue weighted by molar-refractivity contribution is 5.85. The van der Waals surface area contributed by atoms with Crippen LogP contribution >= 0.6 is 12.4 Å². The summed E-state index contributed by atoms with van der Waals surface area (Å²) in [5.41, 5.74) is 18.8. The smallest absolute Gasteiger partial charge is 0.144 e. The molecule has 1 rings (SSSR count). The number of nitrogen functional groups attached to an aromatic ring is 2. The average Bonchev–Trinajstić information content (AvgIpc) is 2.33. The van der Waals surface area contributed by atoms with Crippen molar-refractivity contribution in [3.05, 3.63) is 18.2 Å². The van der Waals surface area contributed by atoms with E-state index in [4.69, 9.17) is 21.9 Å². The van der Waals surface area contributed by atoms with E-state index in [2.05, 4.69) is 13.8 Å². The highest BCUT2D eigenvalue weighted by atomic mass is 35.5. The van der Waals surface area contributed by atoms with Crippen LogP contribution in [0.25, 0.3) is 0 Å². The Kier molecular flexibility index (Phi) is 6.88. The van der Waals surface area contributed by atoms with Crippen LogP contribution in [0.4, 0.5) is 11.4 Å². The molecule has 5 heteroatoms. The average molecular weight is 274 g/mol. The fourth-order valence-electron chi connectivity index (χ4n) is 1.64. The van der Waals surface area contributed by atoms with E-state index >= 15 is 0 Å². The Hall–Kier alpha value is -1.13. The van der Waals surface area contributed by atoms with Gasteiger partial charge in [0.25, 0.3) is 0 Å². The van der Waals surface area contributed by atoms with Gasteiger partial charge < -0.3 is 21.9 Å². The van der Waals surface area contributed by atoms with E-state index in [1.165, 1.54) is 0 Å². The van der Waals surface area contributed by atoms with Crippen molar-refractivity contribution in [2.75, 3.05) is 18.1 Å². The van der Waals surface area contributed by atoms with Gasteiger partial charge in [0.1, 0.15) is 5.75 Å². The van der Waals surface area contributed by atoms with Gasteiger partial charge in [-0.25, -0.2) is 0 Å². The summed E-state index contributed by atoms with van der Waals surface area (Å²) >= 11 is 0. The molecule has 0 amide bonds. The lowest BCUT2D eigenvalue weighted by Crippen LogP contribution is -2.39. The largest absolute Gasteiger partial charge is 0.491 e. The van der Waals surface area contributed by atoms with Crippen LogP contribution in [0.1, 0.15) is 33.1 Å². The first-order chi connectivity index (χ1) is 8.00. The van der Waals surface area contributed by atoms with Gasteiger partial charge in [0.15, 0.2) is 0 Å². The van der Waals surface area contributed by atoms with Gasteiger partial charge in [-0.1, -0.05) is 13.8 Å². The van der Waals surface area contributed by atoms with Gasteiger partial charge in [-0.15, -0.1) is 12.4 Å². The third kappa shape index (κ3) is 4.63. The fraction of sp³-hybridized carbons (Fsp3) is 0.538. The summed E-state index contributed by atoms with van der Waals surface area (Å²) in [6, 6.07) is 5.25. The van der Waals surface area contributed by atoms with E-state index in [-0.39, 0.29) is 17.9 Å². The van der Waals surface area contributed by atoms with Crippen molar-refractivity contribution in [3.8, 4) is 5.75 Å². The number of halogens is 1. The number of hydrogen-bond acceptors (Lipinski definition) is 4. The summed E-state index contributed by atoms with van der Waals surface area (Å²) in [7, 11) is 0. The molecule has 0 heterocycles. The summed E-state index contributed by atoms with van der Waals surface area (Å²) in [5.74, 6) is 0.638. The zero-order valence-electron chi connectivity index (χ0n) is 11.1. The lowest BCUT2D eigenvalue weighted by Gasteiger charge is -2.26. The second kappa shape index (κ2) is 7.34. The summed E-state index contributed by atoms with van der Waals surface area (Å²) < 4.78 is 5.63. The Balaban J connectivity index is 0.00000289. The summed E-state index contributed by atoms with van der Waals surface area (Å²) in [6.45, 7) is 4.75. The van der Waals surface area contributed by atoms with Gasteiger partial charge in [0.2, 0.25) is 0 Å². The monoisotopic (exact) mass is 273 g/mol. The molecule has 1 aromatic carbocycles. The molecule has 0 spiro atoms. The highest BCUT2D eigenvalue weighted by Crippen LogP contribution is 2.25. The first-order valence-corrected chi connectivity index (χ1v) is 6.07. The van der Waals surface area contributed by atoms with Crippen molar-refractivity contribution in [1.29, 1.82) is 0 Å². The minimum absolute atomic E-state index is 0. The molecule has 4 nitrogen and oxygen atoms in total. The quantitative estimate of drug-likeness (QED) is 0.695. The lowest BCUT2D eigenvalue weighted by atomic mass is 9.91. The molecule has 0 aromatic heterocycles. The normalized spacial score (nSPS) is 10.8. The van der Waals surface area contributed by atoms with Crippen LogP contribution in [0.2, 0.25) is 0 Å². The molecule has 0 aliphatic heterocycles. The maximum absolute atomic E-state index is 6.19. The number of ether oxygens (including phenoxy) is 1. The SMILES string of the molecule is CCC(N)(CC)CCOc1cc(N)ccc1N.Cl. The molecule has 0 aliphatic rings. The summed E-state index contributed by atoms with van der Waals surface area (Å²) in [4.78, 5) is 0. The van der Waals surface area contributed by atoms with Crippen LogP contribution in [-0.2, 0) is 0 Å². The first kappa shape index (κ1) is 16.9. The predicted molar refractivity (Wildman–Crippen MR) is 80.1 cm³/mol. The zero-order chi connectivity index (χ0) is 12.9. The molecular formula is C13H24ClN3O. The van der Waals surface area contributed by atoms with Crippen LogP contribution in [0.15, 0.2) is 18.2 Å². The maximum atomic E-state index is 6.19. The molecule has 0 radical (unpaired) electrons. The third-order valence-corrected chi connectivity index (χ3v) is 3.30. The van der Waals surface area contributed by atoms with Crippen molar-refractivity contribution < 1.29 is 4.74 Å². The maximum Gasteiger partial charge on any atom is 0.144 e. The number of hydrogen-bond donors (Lipinski definition) is 3. The van der Waals surface area contributed by atoms with E-state index in [1.54, 1.807) is 18.2 Å². The second-order valence-corrected chi connectivity index (χ2v) is 4.47. The molecule has 0 saturated heterocycles. The number of anilines is 2. The number of nitrogens with two attached hydrogens (primary N) is 3. The summed E-state index contributed by atoms with van der Waals surface area (Å²) in [6.07, 6.45) is 2.70.